The third-order valence-electron chi connectivity index (χ3n) is 5.77. The van der Waals surface area contributed by atoms with Crippen molar-refractivity contribution in [1.82, 2.24) is 19.9 Å². The fourth-order valence-corrected chi connectivity index (χ4v) is 6.46. The van der Waals surface area contributed by atoms with E-state index in [0.29, 0.717) is 17.9 Å². The average Bonchev–Trinajstić information content (AvgIpc) is 3.12. The lowest BCUT2D eigenvalue weighted by Crippen LogP contribution is -2.19. The number of thioether (sulfide) groups is 1. The minimum absolute atomic E-state index is 0.379. The van der Waals surface area contributed by atoms with Crippen LogP contribution < -0.4 is 10.5 Å². The van der Waals surface area contributed by atoms with Crippen molar-refractivity contribution in [1.29, 1.82) is 0 Å². The Hall–Kier alpha value is -2.68. The first-order valence-electron chi connectivity index (χ1n) is 11.1. The van der Waals surface area contributed by atoms with Gasteiger partial charge in [0.2, 0.25) is 0 Å². The molecule has 1 aliphatic carbocycles. The van der Waals surface area contributed by atoms with Crippen molar-refractivity contribution in [3.8, 4) is 28.4 Å². The largest absolute Gasteiger partial charge is 0.462 e. The van der Waals surface area contributed by atoms with Gasteiger partial charge in [-0.15, -0.1) is 23.1 Å². The van der Waals surface area contributed by atoms with E-state index in [1.807, 2.05) is 31.9 Å². The van der Waals surface area contributed by atoms with Crippen LogP contribution in [0.5, 0.6) is 6.01 Å². The van der Waals surface area contributed by atoms with Gasteiger partial charge in [-0.1, -0.05) is 36.8 Å². The van der Waals surface area contributed by atoms with Crippen LogP contribution in [0.2, 0.25) is 0 Å². The van der Waals surface area contributed by atoms with Gasteiger partial charge in [0.15, 0.2) is 0 Å². The molecule has 0 bridgehead atoms. The summed E-state index contributed by atoms with van der Waals surface area (Å²) in [5, 5.41) is 1.72. The number of likely N-dealkylation sites (N-methyl/N-ethyl adjacent to an activating group) is 1. The van der Waals surface area contributed by atoms with Crippen molar-refractivity contribution in [3.63, 3.8) is 0 Å². The number of hydrogen-bond acceptors (Lipinski definition) is 8. The standard InChI is InChI=1S/C25H27N5OS2/c1-30(2)11-12-31-25-27-14-17(15-28-25)20-13-19(16-7-4-3-5-8-16)21-22(26)24(33-23(21)29-20)32-18-9-6-10-18/h3-5,7-8,13-15,18H,6,9-12,26H2,1-2H3. The fourth-order valence-electron chi connectivity index (χ4n) is 3.66. The summed E-state index contributed by atoms with van der Waals surface area (Å²) in [6.45, 7) is 1.36. The summed E-state index contributed by atoms with van der Waals surface area (Å²) >= 11 is 3.60. The average molecular weight is 478 g/mol. The number of benzene rings is 1. The highest BCUT2D eigenvalue weighted by Crippen LogP contribution is 2.48. The zero-order valence-electron chi connectivity index (χ0n) is 18.8. The number of nitrogens with two attached hydrogens (primary N) is 1. The van der Waals surface area contributed by atoms with Gasteiger partial charge in [-0.2, -0.15) is 0 Å². The normalized spacial score (nSPS) is 14.0. The highest BCUT2D eigenvalue weighted by Gasteiger charge is 2.24. The number of pyridine rings is 1. The van der Waals surface area contributed by atoms with Gasteiger partial charge in [0.25, 0.3) is 0 Å². The Labute approximate surface area is 202 Å². The Morgan fingerprint density at radius 2 is 1.88 bits per heavy atom. The van der Waals surface area contributed by atoms with Crippen LogP contribution in [0.1, 0.15) is 19.3 Å². The quantitative estimate of drug-likeness (QED) is 0.354. The van der Waals surface area contributed by atoms with E-state index in [1.165, 1.54) is 23.5 Å². The highest BCUT2D eigenvalue weighted by molar-refractivity contribution is 8.02. The molecule has 0 radical (unpaired) electrons. The molecular weight excluding hydrogens is 450 g/mol. The molecule has 1 aromatic carbocycles. The molecule has 8 heteroatoms. The Morgan fingerprint density at radius 1 is 1.12 bits per heavy atom. The molecule has 0 unspecified atom stereocenters. The maximum Gasteiger partial charge on any atom is 0.316 e. The van der Waals surface area contributed by atoms with Crippen LogP contribution in [0.15, 0.2) is 53.0 Å². The number of nitrogen functional groups attached to an aromatic ring is 1. The van der Waals surface area contributed by atoms with Gasteiger partial charge in [-0.3, -0.25) is 0 Å². The van der Waals surface area contributed by atoms with E-state index in [2.05, 4.69) is 45.2 Å². The number of ether oxygens (including phenoxy) is 1. The monoisotopic (exact) mass is 477 g/mol. The number of anilines is 1. The zero-order valence-corrected chi connectivity index (χ0v) is 20.5. The second-order valence-corrected chi connectivity index (χ2v) is 11.0. The van der Waals surface area contributed by atoms with Crippen molar-refractivity contribution < 1.29 is 4.74 Å². The Bertz CT molecular complexity index is 1240. The lowest BCUT2D eigenvalue weighted by atomic mass is 10.00. The minimum Gasteiger partial charge on any atom is -0.462 e. The first-order valence-corrected chi connectivity index (χ1v) is 12.8. The minimum atomic E-state index is 0.379. The number of aromatic nitrogens is 3. The number of nitrogens with zero attached hydrogens (tertiary/aromatic N) is 4. The Balaban J connectivity index is 1.52. The molecule has 0 aliphatic heterocycles. The second kappa shape index (κ2) is 9.67. The molecular formula is C25H27N5OS2. The predicted molar refractivity (Wildman–Crippen MR) is 138 cm³/mol. The van der Waals surface area contributed by atoms with E-state index < -0.39 is 0 Å². The summed E-state index contributed by atoms with van der Waals surface area (Å²) in [7, 11) is 4.01. The van der Waals surface area contributed by atoms with Crippen LogP contribution in [0.3, 0.4) is 0 Å². The van der Waals surface area contributed by atoms with Gasteiger partial charge >= 0.3 is 6.01 Å². The third kappa shape index (κ3) is 4.83. The Kier molecular flexibility index (Phi) is 6.48. The van der Waals surface area contributed by atoms with Crippen LogP contribution >= 0.6 is 23.1 Å². The molecule has 33 heavy (non-hydrogen) atoms. The number of rotatable bonds is 8. The maximum absolute atomic E-state index is 6.69. The van der Waals surface area contributed by atoms with Crippen LogP contribution in [-0.2, 0) is 0 Å². The summed E-state index contributed by atoms with van der Waals surface area (Å²) in [6, 6.07) is 12.8. The first-order chi connectivity index (χ1) is 16.1. The molecule has 5 rings (SSSR count). The predicted octanol–water partition coefficient (Wildman–Crippen LogP) is 5.59. The number of fused-ring (bicyclic) bond motifs is 1. The lowest BCUT2D eigenvalue weighted by Gasteiger charge is -2.23. The second-order valence-electron chi connectivity index (χ2n) is 8.48. The first kappa shape index (κ1) is 22.1. The van der Waals surface area contributed by atoms with E-state index in [9.17, 15) is 0 Å². The van der Waals surface area contributed by atoms with Crippen molar-refractivity contribution >= 4 is 39.0 Å². The highest BCUT2D eigenvalue weighted by atomic mass is 32.2. The van der Waals surface area contributed by atoms with Crippen molar-refractivity contribution in [2.24, 2.45) is 0 Å². The molecule has 0 saturated heterocycles. The van der Waals surface area contributed by atoms with Gasteiger partial charge < -0.3 is 15.4 Å². The van der Waals surface area contributed by atoms with Crippen molar-refractivity contribution in [3.05, 3.63) is 48.8 Å². The molecule has 3 heterocycles. The van der Waals surface area contributed by atoms with Gasteiger partial charge in [0.1, 0.15) is 11.4 Å². The smallest absolute Gasteiger partial charge is 0.316 e. The van der Waals surface area contributed by atoms with Gasteiger partial charge in [-0.25, -0.2) is 15.0 Å². The molecule has 1 fully saturated rings. The van der Waals surface area contributed by atoms with Crippen LogP contribution in [0.25, 0.3) is 32.6 Å². The van der Waals surface area contributed by atoms with E-state index in [-0.39, 0.29) is 0 Å². The van der Waals surface area contributed by atoms with Gasteiger partial charge in [-0.05, 0) is 44.1 Å². The van der Waals surface area contributed by atoms with E-state index in [1.54, 1.807) is 23.7 Å². The Morgan fingerprint density at radius 3 is 2.55 bits per heavy atom. The molecule has 170 valence electrons. The molecule has 2 N–H and O–H groups in total. The van der Waals surface area contributed by atoms with Crippen LogP contribution in [0, 0.1) is 0 Å². The summed E-state index contributed by atoms with van der Waals surface area (Å²) in [6.07, 6.45) is 7.41. The topological polar surface area (TPSA) is 77.2 Å². The fraction of sp³-hybridized carbons (Fsp3) is 0.320. The molecule has 0 spiro atoms. The lowest BCUT2D eigenvalue weighted by molar-refractivity contribution is 0.245. The molecule has 1 aliphatic rings. The van der Waals surface area contributed by atoms with Crippen LogP contribution in [0.4, 0.5) is 5.69 Å². The summed E-state index contributed by atoms with van der Waals surface area (Å²) in [5.74, 6) is 0. The van der Waals surface area contributed by atoms with E-state index >= 15 is 0 Å². The van der Waals surface area contributed by atoms with Crippen molar-refractivity contribution in [2.75, 3.05) is 33.0 Å². The number of thiophene rings is 1. The zero-order chi connectivity index (χ0) is 22.8. The summed E-state index contributed by atoms with van der Waals surface area (Å²) in [4.78, 5) is 16.8. The van der Waals surface area contributed by atoms with Gasteiger partial charge in [0.05, 0.1) is 15.6 Å². The summed E-state index contributed by atoms with van der Waals surface area (Å²) < 4.78 is 6.82. The van der Waals surface area contributed by atoms with Crippen LogP contribution in [-0.4, -0.2) is 52.3 Å². The molecule has 3 aromatic heterocycles. The van der Waals surface area contributed by atoms with E-state index in [4.69, 9.17) is 15.5 Å². The molecule has 0 atom stereocenters. The molecule has 1 saturated carbocycles. The molecule has 0 amide bonds. The molecule has 6 nitrogen and oxygen atoms in total. The van der Waals surface area contributed by atoms with Gasteiger partial charge in [0, 0.05) is 35.1 Å². The van der Waals surface area contributed by atoms with E-state index in [0.717, 1.165) is 44.8 Å². The summed E-state index contributed by atoms with van der Waals surface area (Å²) in [5.41, 5.74) is 11.4. The molecule has 4 aromatic rings. The third-order valence-corrected chi connectivity index (χ3v) is 8.44. The SMILES string of the molecule is CN(C)CCOc1ncc(-c2cc(-c3ccccc3)c3c(N)c(SC4CCC4)sc3n2)cn1. The maximum atomic E-state index is 6.69. The van der Waals surface area contributed by atoms with Crippen molar-refractivity contribution in [2.45, 2.75) is 28.7 Å². The number of hydrogen-bond donors (Lipinski definition) is 1.